The fourth-order valence-corrected chi connectivity index (χ4v) is 0.498. The molecule has 1 amide bonds. The third-order valence-electron chi connectivity index (χ3n) is 0.933. The molecule has 0 rings (SSSR count). The van der Waals surface area contributed by atoms with Crippen LogP contribution in [0.5, 0.6) is 0 Å². The van der Waals surface area contributed by atoms with Crippen molar-refractivity contribution in [3.8, 4) is 0 Å². The summed E-state index contributed by atoms with van der Waals surface area (Å²) >= 11 is 0. The molecule has 0 unspecified atom stereocenters. The van der Waals surface area contributed by atoms with Crippen LogP contribution in [0.25, 0.3) is 0 Å². The molecule has 1 N–H and O–H groups in total. The molecule has 0 atom stereocenters. The predicted molar refractivity (Wildman–Crippen MR) is 34.0 cm³/mol. The topological polar surface area (TPSA) is 46.2 Å². The van der Waals surface area contributed by atoms with Crippen molar-refractivity contribution in [2.45, 2.75) is 19.8 Å². The van der Waals surface area contributed by atoms with Gasteiger partial charge in [0.2, 0.25) is 6.41 Å². The SMILES string of the molecule is CC(=O)CCCNC=O. The Bertz CT molecular complexity index is 101. The Morgan fingerprint density at radius 2 is 2.33 bits per heavy atom. The van der Waals surface area contributed by atoms with Crippen LogP contribution in [0, 0.1) is 0 Å². The second-order valence-corrected chi connectivity index (χ2v) is 1.88. The van der Waals surface area contributed by atoms with Gasteiger partial charge in [-0.1, -0.05) is 0 Å². The Balaban J connectivity index is 2.91. The maximum atomic E-state index is 10.3. The maximum Gasteiger partial charge on any atom is 0.207 e. The first-order chi connectivity index (χ1) is 4.27. The molecule has 0 saturated carbocycles. The number of carbonyl (C=O) groups is 2. The zero-order valence-electron chi connectivity index (χ0n) is 5.52. The predicted octanol–water partition coefficient (Wildman–Crippen LogP) is 0.102. The summed E-state index contributed by atoms with van der Waals surface area (Å²) in [4.78, 5) is 19.9. The molecule has 0 spiro atoms. The number of rotatable bonds is 5. The number of amides is 1. The van der Waals surface area contributed by atoms with Gasteiger partial charge in [-0.25, -0.2) is 0 Å². The highest BCUT2D eigenvalue weighted by atomic mass is 16.1. The molecule has 52 valence electrons. The van der Waals surface area contributed by atoms with E-state index in [0.29, 0.717) is 19.4 Å². The lowest BCUT2D eigenvalue weighted by molar-refractivity contribution is -0.117. The molecule has 9 heavy (non-hydrogen) atoms. The smallest absolute Gasteiger partial charge is 0.207 e. The molecule has 0 aliphatic rings. The first-order valence-electron chi connectivity index (χ1n) is 2.94. The monoisotopic (exact) mass is 129 g/mol. The average molecular weight is 129 g/mol. The van der Waals surface area contributed by atoms with Gasteiger partial charge in [0.25, 0.3) is 0 Å². The maximum absolute atomic E-state index is 10.3. The first kappa shape index (κ1) is 8.14. The summed E-state index contributed by atoms with van der Waals surface area (Å²) < 4.78 is 0. The fraction of sp³-hybridized carbons (Fsp3) is 0.667. The average Bonchev–Trinajstić information content (AvgIpc) is 1.80. The van der Waals surface area contributed by atoms with Crippen molar-refractivity contribution in [2.75, 3.05) is 6.54 Å². The number of hydrogen-bond acceptors (Lipinski definition) is 2. The molecule has 0 aliphatic carbocycles. The van der Waals surface area contributed by atoms with Gasteiger partial charge in [0, 0.05) is 13.0 Å². The van der Waals surface area contributed by atoms with E-state index in [1.54, 1.807) is 6.92 Å². The molecular formula is C6H11NO2. The van der Waals surface area contributed by atoms with Crippen LogP contribution in [0.1, 0.15) is 19.8 Å². The Hall–Kier alpha value is -0.860. The largest absolute Gasteiger partial charge is 0.359 e. The van der Waals surface area contributed by atoms with Gasteiger partial charge in [0.1, 0.15) is 5.78 Å². The van der Waals surface area contributed by atoms with E-state index in [1.807, 2.05) is 0 Å². The summed E-state index contributed by atoms with van der Waals surface area (Å²) in [5, 5.41) is 2.47. The van der Waals surface area contributed by atoms with Crippen LogP contribution in [0.3, 0.4) is 0 Å². The van der Waals surface area contributed by atoms with E-state index in [2.05, 4.69) is 5.32 Å². The Morgan fingerprint density at radius 1 is 1.67 bits per heavy atom. The van der Waals surface area contributed by atoms with E-state index in [9.17, 15) is 9.59 Å². The van der Waals surface area contributed by atoms with Crippen molar-refractivity contribution in [1.82, 2.24) is 5.32 Å². The van der Waals surface area contributed by atoms with Gasteiger partial charge in [0.05, 0.1) is 0 Å². The molecular weight excluding hydrogens is 118 g/mol. The summed E-state index contributed by atoms with van der Waals surface area (Å²) in [5.41, 5.74) is 0. The number of Topliss-reactive ketones (excluding diaryl/α,β-unsaturated/α-hetero) is 1. The van der Waals surface area contributed by atoms with Crippen LogP contribution in [-0.2, 0) is 9.59 Å². The van der Waals surface area contributed by atoms with Crippen LogP contribution < -0.4 is 5.32 Å². The number of ketones is 1. The van der Waals surface area contributed by atoms with Gasteiger partial charge in [-0.2, -0.15) is 0 Å². The summed E-state index contributed by atoms with van der Waals surface area (Å²) in [6.07, 6.45) is 1.94. The highest BCUT2D eigenvalue weighted by Crippen LogP contribution is 1.86. The summed E-state index contributed by atoms with van der Waals surface area (Å²) in [7, 11) is 0. The van der Waals surface area contributed by atoms with Gasteiger partial charge < -0.3 is 10.1 Å². The molecule has 0 bridgehead atoms. The lowest BCUT2D eigenvalue weighted by Crippen LogP contribution is -2.12. The fourth-order valence-electron chi connectivity index (χ4n) is 0.498. The molecule has 0 heterocycles. The van der Waals surface area contributed by atoms with Crippen molar-refractivity contribution < 1.29 is 9.59 Å². The van der Waals surface area contributed by atoms with Crippen LogP contribution in [0.4, 0.5) is 0 Å². The van der Waals surface area contributed by atoms with Gasteiger partial charge in [-0.3, -0.25) is 4.79 Å². The van der Waals surface area contributed by atoms with Crippen molar-refractivity contribution in [1.29, 1.82) is 0 Å². The number of nitrogens with one attached hydrogen (secondary N) is 1. The van der Waals surface area contributed by atoms with E-state index in [4.69, 9.17) is 0 Å². The van der Waals surface area contributed by atoms with E-state index in [0.717, 1.165) is 6.42 Å². The minimum Gasteiger partial charge on any atom is -0.359 e. The molecule has 0 aromatic carbocycles. The first-order valence-corrected chi connectivity index (χ1v) is 2.94. The Kier molecular flexibility index (Phi) is 4.78. The van der Waals surface area contributed by atoms with Crippen molar-refractivity contribution in [3.63, 3.8) is 0 Å². The molecule has 3 nitrogen and oxygen atoms in total. The van der Waals surface area contributed by atoms with Crippen LogP contribution in [0.2, 0.25) is 0 Å². The number of carbonyl (C=O) groups excluding carboxylic acids is 2. The summed E-state index contributed by atoms with van der Waals surface area (Å²) in [6.45, 7) is 2.14. The van der Waals surface area contributed by atoms with Gasteiger partial charge in [-0.15, -0.1) is 0 Å². The van der Waals surface area contributed by atoms with Gasteiger partial charge in [0.15, 0.2) is 0 Å². The molecule has 0 aromatic rings. The third kappa shape index (κ3) is 7.14. The van der Waals surface area contributed by atoms with Crippen LogP contribution in [-0.4, -0.2) is 18.7 Å². The van der Waals surface area contributed by atoms with Crippen molar-refractivity contribution in [2.24, 2.45) is 0 Å². The van der Waals surface area contributed by atoms with Gasteiger partial charge in [-0.05, 0) is 13.3 Å². The van der Waals surface area contributed by atoms with E-state index in [-0.39, 0.29) is 5.78 Å². The van der Waals surface area contributed by atoms with E-state index in [1.165, 1.54) is 0 Å². The van der Waals surface area contributed by atoms with E-state index >= 15 is 0 Å². The second-order valence-electron chi connectivity index (χ2n) is 1.88. The second kappa shape index (κ2) is 5.28. The van der Waals surface area contributed by atoms with E-state index < -0.39 is 0 Å². The highest BCUT2D eigenvalue weighted by Gasteiger charge is 1.90. The van der Waals surface area contributed by atoms with Crippen LogP contribution in [0.15, 0.2) is 0 Å². The van der Waals surface area contributed by atoms with Gasteiger partial charge >= 0.3 is 0 Å². The minimum absolute atomic E-state index is 0.169. The molecule has 0 fully saturated rings. The van der Waals surface area contributed by atoms with Crippen molar-refractivity contribution >= 4 is 12.2 Å². The summed E-state index contributed by atoms with van der Waals surface area (Å²) in [5.74, 6) is 0.169. The minimum atomic E-state index is 0.169. The molecule has 3 heteroatoms. The summed E-state index contributed by atoms with van der Waals surface area (Å²) in [6, 6.07) is 0. The zero-order chi connectivity index (χ0) is 7.11. The number of hydrogen-bond donors (Lipinski definition) is 1. The Morgan fingerprint density at radius 3 is 2.78 bits per heavy atom. The molecule has 0 aromatic heterocycles. The molecule has 0 radical (unpaired) electrons. The van der Waals surface area contributed by atoms with Crippen LogP contribution >= 0.6 is 0 Å². The normalized spacial score (nSPS) is 8.56. The highest BCUT2D eigenvalue weighted by molar-refractivity contribution is 5.75. The third-order valence-corrected chi connectivity index (χ3v) is 0.933. The molecule has 0 saturated heterocycles. The zero-order valence-corrected chi connectivity index (χ0v) is 5.52. The van der Waals surface area contributed by atoms with Crippen molar-refractivity contribution in [3.05, 3.63) is 0 Å². The lowest BCUT2D eigenvalue weighted by Gasteiger charge is -1.93. The standard InChI is InChI=1S/C6H11NO2/c1-6(9)3-2-4-7-5-8/h5H,2-4H2,1H3,(H,7,8). The quantitative estimate of drug-likeness (QED) is 0.422. The lowest BCUT2D eigenvalue weighted by atomic mass is 10.2. The Labute approximate surface area is 54.4 Å². The molecule has 0 aliphatic heterocycles.